The van der Waals surface area contributed by atoms with Crippen molar-refractivity contribution in [1.29, 1.82) is 0 Å². The number of aryl methyl sites for hydroxylation is 1. The molecule has 0 aliphatic heterocycles. The number of thiazole rings is 1. The highest BCUT2D eigenvalue weighted by atomic mass is 35.5. The summed E-state index contributed by atoms with van der Waals surface area (Å²) in [4.78, 5) is 16.6. The second-order valence-corrected chi connectivity index (χ2v) is 7.45. The molecular weight excluding hydrogens is 380 g/mol. The number of carbonyl (C=O) groups is 1. The summed E-state index contributed by atoms with van der Waals surface area (Å²) in [5.74, 6) is -2.14. The van der Waals surface area contributed by atoms with E-state index in [4.69, 9.17) is 11.6 Å². The number of benzene rings is 1. The van der Waals surface area contributed by atoms with Crippen molar-refractivity contribution in [2.45, 2.75) is 26.3 Å². The molecule has 3 aromatic rings. The van der Waals surface area contributed by atoms with Crippen LogP contribution in [0.15, 0.2) is 36.7 Å². The minimum atomic E-state index is -0.910. The third kappa shape index (κ3) is 4.28. The van der Waals surface area contributed by atoms with E-state index in [1.54, 1.807) is 10.6 Å². The normalized spacial score (nSPS) is 10.9. The maximum Gasteiger partial charge on any atom is 0.274 e. The molecule has 0 saturated heterocycles. The van der Waals surface area contributed by atoms with Crippen LogP contribution in [0, 0.1) is 11.6 Å². The first kappa shape index (κ1) is 18.5. The number of anilines is 1. The predicted octanol–water partition coefficient (Wildman–Crippen LogP) is 5.13. The van der Waals surface area contributed by atoms with Crippen molar-refractivity contribution in [3.63, 3.8) is 0 Å². The maximum absolute atomic E-state index is 13.5. The molecule has 8 heteroatoms. The predicted molar refractivity (Wildman–Crippen MR) is 99.0 cm³/mol. The monoisotopic (exact) mass is 395 g/mol. The molecule has 0 aliphatic rings. The topological polar surface area (TPSA) is 46.9 Å². The second kappa shape index (κ2) is 7.97. The summed E-state index contributed by atoms with van der Waals surface area (Å²) in [6.07, 6.45) is 5.06. The molecule has 2 heterocycles. The molecule has 0 unspecified atom stereocenters. The van der Waals surface area contributed by atoms with Crippen LogP contribution in [0.25, 0.3) is 0 Å². The van der Waals surface area contributed by atoms with Gasteiger partial charge in [-0.25, -0.2) is 13.8 Å². The zero-order valence-corrected chi connectivity index (χ0v) is 15.5. The number of amides is 1. The van der Waals surface area contributed by atoms with Crippen LogP contribution in [-0.2, 0) is 13.0 Å². The average Bonchev–Trinajstić information content (AvgIpc) is 3.17. The number of hydrogen-bond donors (Lipinski definition) is 1. The fourth-order valence-corrected chi connectivity index (χ4v) is 3.43. The van der Waals surface area contributed by atoms with Gasteiger partial charge in [-0.15, -0.1) is 0 Å². The molecule has 136 valence electrons. The lowest BCUT2D eigenvalue weighted by atomic mass is 10.2. The van der Waals surface area contributed by atoms with Gasteiger partial charge in [-0.3, -0.25) is 10.1 Å². The van der Waals surface area contributed by atoms with Crippen LogP contribution in [0.3, 0.4) is 0 Å². The van der Waals surface area contributed by atoms with Gasteiger partial charge in [0.1, 0.15) is 10.0 Å². The van der Waals surface area contributed by atoms with Gasteiger partial charge in [0, 0.05) is 12.7 Å². The quantitative estimate of drug-likeness (QED) is 0.629. The van der Waals surface area contributed by atoms with Crippen LogP contribution >= 0.6 is 22.9 Å². The van der Waals surface area contributed by atoms with Gasteiger partial charge in [-0.1, -0.05) is 42.3 Å². The highest BCUT2D eigenvalue weighted by Crippen LogP contribution is 2.23. The second-order valence-electron chi connectivity index (χ2n) is 5.78. The van der Waals surface area contributed by atoms with Crippen LogP contribution in [0.1, 0.15) is 35.0 Å². The number of rotatable bonds is 6. The van der Waals surface area contributed by atoms with Crippen molar-refractivity contribution >= 4 is 34.0 Å². The zero-order valence-electron chi connectivity index (χ0n) is 13.9. The van der Waals surface area contributed by atoms with Crippen molar-refractivity contribution in [1.82, 2.24) is 9.55 Å². The number of aromatic nitrogens is 2. The van der Waals surface area contributed by atoms with Crippen molar-refractivity contribution in [3.05, 3.63) is 69.5 Å². The number of hydrogen-bond acceptors (Lipinski definition) is 3. The van der Waals surface area contributed by atoms with Crippen molar-refractivity contribution in [2.75, 3.05) is 5.32 Å². The standard InChI is InChI=1S/C18H16ClF2N3OS/c1-2-3-11-7-15(17(25)23-18-22-8-16(19)26-18)24(9-11)10-12-4-5-13(20)14(21)6-12/h4-9H,2-3,10H2,1H3,(H,22,23,25). The summed E-state index contributed by atoms with van der Waals surface area (Å²) < 4.78 is 28.8. The molecule has 0 radical (unpaired) electrons. The minimum Gasteiger partial charge on any atom is -0.339 e. The molecule has 4 nitrogen and oxygen atoms in total. The van der Waals surface area contributed by atoms with Gasteiger partial charge in [0.25, 0.3) is 5.91 Å². The lowest BCUT2D eigenvalue weighted by molar-refractivity contribution is 0.101. The van der Waals surface area contributed by atoms with Gasteiger partial charge < -0.3 is 4.57 Å². The molecule has 0 spiro atoms. The van der Waals surface area contributed by atoms with E-state index in [0.717, 1.165) is 41.9 Å². The Kier molecular flexibility index (Phi) is 5.68. The maximum atomic E-state index is 13.5. The van der Waals surface area contributed by atoms with Gasteiger partial charge in [0.2, 0.25) is 0 Å². The first-order chi connectivity index (χ1) is 12.5. The average molecular weight is 396 g/mol. The van der Waals surface area contributed by atoms with Crippen LogP contribution in [0.2, 0.25) is 4.34 Å². The van der Waals surface area contributed by atoms with Crippen molar-refractivity contribution in [3.8, 4) is 0 Å². The first-order valence-electron chi connectivity index (χ1n) is 8.02. The fraction of sp³-hybridized carbons (Fsp3) is 0.222. The smallest absolute Gasteiger partial charge is 0.274 e. The first-order valence-corrected chi connectivity index (χ1v) is 9.21. The Morgan fingerprint density at radius 2 is 2.08 bits per heavy atom. The van der Waals surface area contributed by atoms with E-state index in [9.17, 15) is 13.6 Å². The van der Waals surface area contributed by atoms with E-state index in [0.29, 0.717) is 20.7 Å². The van der Waals surface area contributed by atoms with E-state index in [-0.39, 0.29) is 12.5 Å². The van der Waals surface area contributed by atoms with Crippen molar-refractivity contribution < 1.29 is 13.6 Å². The van der Waals surface area contributed by atoms with Gasteiger partial charge in [0.15, 0.2) is 16.8 Å². The van der Waals surface area contributed by atoms with Crippen LogP contribution < -0.4 is 5.32 Å². The molecule has 0 fully saturated rings. The number of carbonyl (C=O) groups excluding carboxylic acids is 1. The van der Waals surface area contributed by atoms with Crippen molar-refractivity contribution in [2.24, 2.45) is 0 Å². The molecule has 2 aromatic heterocycles. The number of nitrogens with zero attached hydrogens (tertiary/aromatic N) is 2. The third-order valence-electron chi connectivity index (χ3n) is 3.76. The Morgan fingerprint density at radius 1 is 1.27 bits per heavy atom. The van der Waals surface area contributed by atoms with Gasteiger partial charge in [-0.05, 0) is 35.7 Å². The summed E-state index contributed by atoms with van der Waals surface area (Å²) in [5.41, 5.74) is 1.98. The van der Waals surface area contributed by atoms with Crippen LogP contribution in [-0.4, -0.2) is 15.5 Å². The van der Waals surface area contributed by atoms with E-state index >= 15 is 0 Å². The summed E-state index contributed by atoms with van der Waals surface area (Å²) in [6.45, 7) is 2.30. The minimum absolute atomic E-state index is 0.252. The molecule has 1 aromatic carbocycles. The lowest BCUT2D eigenvalue weighted by Gasteiger charge is -2.09. The molecule has 0 atom stereocenters. The highest BCUT2D eigenvalue weighted by Gasteiger charge is 2.16. The van der Waals surface area contributed by atoms with Gasteiger partial charge in [-0.2, -0.15) is 0 Å². The van der Waals surface area contributed by atoms with E-state index < -0.39 is 11.6 Å². The Hall–Kier alpha value is -2.25. The lowest BCUT2D eigenvalue weighted by Crippen LogP contribution is -2.17. The van der Waals surface area contributed by atoms with Gasteiger partial charge >= 0.3 is 0 Å². The van der Waals surface area contributed by atoms with E-state index in [1.807, 2.05) is 13.1 Å². The molecule has 0 bridgehead atoms. The Labute approximate surface area is 158 Å². The van der Waals surface area contributed by atoms with Crippen LogP contribution in [0.5, 0.6) is 0 Å². The SMILES string of the molecule is CCCc1cc(C(=O)Nc2ncc(Cl)s2)n(Cc2ccc(F)c(F)c2)c1. The zero-order chi connectivity index (χ0) is 18.7. The summed E-state index contributed by atoms with van der Waals surface area (Å²) >= 11 is 7.00. The van der Waals surface area contributed by atoms with E-state index in [2.05, 4.69) is 10.3 Å². The number of halogens is 3. The Bertz CT molecular complexity index is 938. The van der Waals surface area contributed by atoms with Gasteiger partial charge in [0.05, 0.1) is 6.20 Å². The molecule has 26 heavy (non-hydrogen) atoms. The molecule has 3 rings (SSSR count). The summed E-state index contributed by atoms with van der Waals surface area (Å²) in [7, 11) is 0. The number of nitrogens with one attached hydrogen (secondary N) is 1. The molecule has 0 aliphatic carbocycles. The van der Waals surface area contributed by atoms with E-state index in [1.165, 1.54) is 12.3 Å². The highest BCUT2D eigenvalue weighted by molar-refractivity contribution is 7.19. The summed E-state index contributed by atoms with van der Waals surface area (Å²) in [5, 5.41) is 3.11. The summed E-state index contributed by atoms with van der Waals surface area (Å²) in [6, 6.07) is 5.52. The fourth-order valence-electron chi connectivity index (χ4n) is 2.63. The third-order valence-corrected chi connectivity index (χ3v) is 4.79. The van der Waals surface area contributed by atoms with Crippen LogP contribution in [0.4, 0.5) is 13.9 Å². The molecular formula is C18H16ClF2N3OS. The molecule has 1 N–H and O–H groups in total. The largest absolute Gasteiger partial charge is 0.339 e. The molecule has 0 saturated carbocycles. The Morgan fingerprint density at radius 3 is 2.73 bits per heavy atom. The Balaban J connectivity index is 1.87. The molecule has 1 amide bonds.